The highest BCUT2D eigenvalue weighted by atomic mass is 16.4. The Hall–Kier alpha value is -3.09. The topological polar surface area (TPSA) is 97.4 Å². The van der Waals surface area contributed by atoms with Crippen LogP contribution in [0.5, 0.6) is 5.75 Å². The van der Waals surface area contributed by atoms with Gasteiger partial charge in [0.1, 0.15) is 11.3 Å². The Labute approximate surface area is 150 Å². The van der Waals surface area contributed by atoms with Gasteiger partial charge in [-0.3, -0.25) is 4.79 Å². The molecule has 0 aliphatic heterocycles. The fourth-order valence-electron chi connectivity index (χ4n) is 2.91. The number of aryl methyl sites for hydroxylation is 3. The number of aromatic nitrogens is 2. The summed E-state index contributed by atoms with van der Waals surface area (Å²) in [4.78, 5) is 28.4. The molecule has 3 aromatic rings. The van der Waals surface area contributed by atoms with E-state index in [9.17, 15) is 14.7 Å². The van der Waals surface area contributed by atoms with Crippen LogP contribution in [0.2, 0.25) is 0 Å². The Morgan fingerprint density at radius 2 is 2.12 bits per heavy atom. The van der Waals surface area contributed by atoms with Crippen molar-refractivity contribution in [3.8, 4) is 5.75 Å². The molecular formula is C19H21N3O4. The molecule has 0 radical (unpaired) electrons. The first-order valence-electron chi connectivity index (χ1n) is 8.44. The molecule has 0 saturated heterocycles. The molecule has 0 saturated carbocycles. The minimum Gasteiger partial charge on any atom is -0.508 e. The summed E-state index contributed by atoms with van der Waals surface area (Å²) in [6, 6.07) is 3.26. The minimum absolute atomic E-state index is 0.0326. The van der Waals surface area contributed by atoms with Crippen molar-refractivity contribution in [2.75, 3.05) is 6.54 Å². The zero-order valence-corrected chi connectivity index (χ0v) is 14.8. The van der Waals surface area contributed by atoms with E-state index < -0.39 is 5.63 Å². The summed E-state index contributed by atoms with van der Waals surface area (Å²) in [6.07, 6.45) is 6.04. The number of hydrogen-bond acceptors (Lipinski definition) is 5. The first-order valence-corrected chi connectivity index (χ1v) is 8.44. The molecular weight excluding hydrogens is 334 g/mol. The number of nitrogens with one attached hydrogen (secondary N) is 1. The number of imidazole rings is 1. The lowest BCUT2D eigenvalue weighted by Crippen LogP contribution is -2.29. The van der Waals surface area contributed by atoms with E-state index in [4.69, 9.17) is 4.42 Å². The van der Waals surface area contributed by atoms with Crippen LogP contribution < -0.4 is 10.9 Å². The van der Waals surface area contributed by atoms with E-state index in [1.807, 2.05) is 10.8 Å². The average Bonchev–Trinajstić information content (AvgIpc) is 3.13. The number of fused-ring (bicyclic) bond motifs is 1. The molecule has 2 aromatic heterocycles. The second-order valence-electron chi connectivity index (χ2n) is 6.26. The highest BCUT2D eigenvalue weighted by molar-refractivity contribution is 5.87. The molecule has 0 aliphatic rings. The summed E-state index contributed by atoms with van der Waals surface area (Å²) in [7, 11) is 0. The zero-order chi connectivity index (χ0) is 18.7. The van der Waals surface area contributed by atoms with Crippen molar-refractivity contribution in [1.82, 2.24) is 14.9 Å². The normalized spacial score (nSPS) is 11.0. The minimum atomic E-state index is -0.544. The first kappa shape index (κ1) is 17.7. The molecule has 0 spiro atoms. The van der Waals surface area contributed by atoms with Gasteiger partial charge in [0.05, 0.1) is 18.3 Å². The van der Waals surface area contributed by atoms with Crippen LogP contribution in [0.15, 0.2) is 40.1 Å². The maximum absolute atomic E-state index is 12.3. The third-order valence-electron chi connectivity index (χ3n) is 4.49. The Balaban J connectivity index is 1.69. The number of phenols is 1. The number of rotatable bonds is 6. The van der Waals surface area contributed by atoms with Gasteiger partial charge in [0.2, 0.25) is 5.91 Å². The monoisotopic (exact) mass is 355 g/mol. The molecule has 7 nitrogen and oxygen atoms in total. The van der Waals surface area contributed by atoms with Gasteiger partial charge < -0.3 is 19.4 Å². The molecule has 1 amide bonds. The van der Waals surface area contributed by atoms with Crippen molar-refractivity contribution in [3.63, 3.8) is 0 Å². The van der Waals surface area contributed by atoms with E-state index in [1.165, 1.54) is 0 Å². The Morgan fingerprint density at radius 3 is 2.85 bits per heavy atom. The third kappa shape index (κ3) is 3.61. The van der Waals surface area contributed by atoms with E-state index in [1.54, 1.807) is 38.5 Å². The number of hydrogen-bond donors (Lipinski definition) is 2. The maximum atomic E-state index is 12.3. The summed E-state index contributed by atoms with van der Waals surface area (Å²) in [6.45, 7) is 4.76. The van der Waals surface area contributed by atoms with Gasteiger partial charge in [-0.25, -0.2) is 9.78 Å². The van der Waals surface area contributed by atoms with Crippen LogP contribution in [-0.4, -0.2) is 27.1 Å². The van der Waals surface area contributed by atoms with Crippen molar-refractivity contribution < 1.29 is 14.3 Å². The second kappa shape index (κ2) is 7.43. The Morgan fingerprint density at radius 1 is 1.31 bits per heavy atom. The van der Waals surface area contributed by atoms with Gasteiger partial charge in [0, 0.05) is 36.4 Å². The first-order chi connectivity index (χ1) is 12.5. The number of phenolic OH excluding ortho intramolecular Hbond substituents is 1. The summed E-state index contributed by atoms with van der Waals surface area (Å²) in [5.74, 6) is -0.149. The predicted octanol–water partition coefficient (Wildman–Crippen LogP) is 2.06. The van der Waals surface area contributed by atoms with Gasteiger partial charge in [-0.2, -0.15) is 0 Å². The molecule has 26 heavy (non-hydrogen) atoms. The summed E-state index contributed by atoms with van der Waals surface area (Å²) in [5.41, 5.74) is 1.37. The molecule has 0 aliphatic carbocycles. The lowest BCUT2D eigenvalue weighted by Gasteiger charge is -2.10. The van der Waals surface area contributed by atoms with E-state index in [0.717, 1.165) is 18.4 Å². The molecule has 0 atom stereocenters. The predicted molar refractivity (Wildman–Crippen MR) is 97.2 cm³/mol. The lowest BCUT2D eigenvalue weighted by molar-refractivity contribution is -0.120. The number of carbonyl (C=O) groups excluding carboxylic acids is 1. The van der Waals surface area contributed by atoms with Crippen LogP contribution in [0.4, 0.5) is 0 Å². The average molecular weight is 355 g/mol. The van der Waals surface area contributed by atoms with Crippen molar-refractivity contribution in [3.05, 3.63) is 58.0 Å². The van der Waals surface area contributed by atoms with Gasteiger partial charge in [-0.15, -0.1) is 0 Å². The second-order valence-corrected chi connectivity index (χ2v) is 6.26. The number of aromatic hydroxyl groups is 1. The van der Waals surface area contributed by atoms with Crippen LogP contribution >= 0.6 is 0 Å². The molecule has 7 heteroatoms. The van der Waals surface area contributed by atoms with E-state index in [-0.39, 0.29) is 18.1 Å². The Kier molecular flexibility index (Phi) is 5.06. The summed E-state index contributed by atoms with van der Waals surface area (Å²) in [5, 5.41) is 13.3. The van der Waals surface area contributed by atoms with Gasteiger partial charge in [-0.1, -0.05) is 0 Å². The molecule has 136 valence electrons. The van der Waals surface area contributed by atoms with Gasteiger partial charge in [0.25, 0.3) is 0 Å². The fourth-order valence-corrected chi connectivity index (χ4v) is 2.91. The van der Waals surface area contributed by atoms with E-state index >= 15 is 0 Å². The molecule has 1 aromatic carbocycles. The highest BCUT2D eigenvalue weighted by Gasteiger charge is 2.16. The largest absolute Gasteiger partial charge is 0.508 e. The van der Waals surface area contributed by atoms with Crippen LogP contribution in [-0.2, 0) is 17.8 Å². The fraction of sp³-hybridized carbons (Fsp3) is 0.316. The zero-order valence-electron chi connectivity index (χ0n) is 14.8. The van der Waals surface area contributed by atoms with Gasteiger partial charge >= 0.3 is 5.63 Å². The number of benzene rings is 1. The van der Waals surface area contributed by atoms with E-state index in [2.05, 4.69) is 10.3 Å². The van der Waals surface area contributed by atoms with Crippen LogP contribution in [0.3, 0.4) is 0 Å². The number of amides is 1. The van der Waals surface area contributed by atoms with Crippen LogP contribution in [0.1, 0.15) is 23.1 Å². The molecule has 3 rings (SSSR count). The molecule has 0 fully saturated rings. The van der Waals surface area contributed by atoms with Crippen molar-refractivity contribution in [2.45, 2.75) is 33.2 Å². The molecule has 2 heterocycles. The number of nitrogens with zero attached hydrogens (tertiary/aromatic N) is 2. The van der Waals surface area contributed by atoms with E-state index in [0.29, 0.717) is 28.8 Å². The summed E-state index contributed by atoms with van der Waals surface area (Å²) < 4.78 is 7.29. The van der Waals surface area contributed by atoms with Crippen LogP contribution in [0.25, 0.3) is 11.0 Å². The Bertz CT molecular complexity index is 990. The van der Waals surface area contributed by atoms with Crippen molar-refractivity contribution >= 4 is 16.9 Å². The lowest BCUT2D eigenvalue weighted by atomic mass is 10.0. The van der Waals surface area contributed by atoms with Crippen molar-refractivity contribution in [1.29, 1.82) is 0 Å². The van der Waals surface area contributed by atoms with Gasteiger partial charge in [-0.05, 0) is 38.0 Å². The molecule has 0 bridgehead atoms. The molecule has 0 unspecified atom stereocenters. The number of carbonyl (C=O) groups is 1. The smallest absolute Gasteiger partial charge is 0.340 e. The SMILES string of the molecule is Cc1c(CC(=O)NCCCn2ccnc2)c(=O)oc2c(C)c(O)ccc12. The quantitative estimate of drug-likeness (QED) is 0.521. The third-order valence-corrected chi connectivity index (χ3v) is 4.49. The maximum Gasteiger partial charge on any atom is 0.340 e. The van der Waals surface area contributed by atoms with Gasteiger partial charge in [0.15, 0.2) is 0 Å². The molecule has 2 N–H and O–H groups in total. The summed E-state index contributed by atoms with van der Waals surface area (Å²) >= 11 is 0. The standard InChI is InChI=1S/C19H21N3O4/c1-12-14-4-5-16(23)13(2)18(14)26-19(25)15(12)10-17(24)21-6-3-8-22-9-7-20-11-22/h4-5,7,9,11,23H,3,6,8,10H2,1-2H3,(H,21,24). The van der Waals surface area contributed by atoms with Crippen LogP contribution in [0, 0.1) is 13.8 Å². The highest BCUT2D eigenvalue weighted by Crippen LogP contribution is 2.28. The van der Waals surface area contributed by atoms with Crippen molar-refractivity contribution in [2.24, 2.45) is 0 Å².